The summed E-state index contributed by atoms with van der Waals surface area (Å²) in [5.41, 5.74) is 0. The van der Waals surface area contributed by atoms with Crippen LogP contribution in [0.4, 0.5) is 0 Å². The molecular weight excluding hydrogens is 368 g/mol. The van der Waals surface area contributed by atoms with E-state index in [4.69, 9.17) is 27.3 Å². The number of rotatable bonds is 8. The highest BCUT2D eigenvalue weighted by molar-refractivity contribution is 7.86. The van der Waals surface area contributed by atoms with Crippen molar-refractivity contribution in [2.24, 2.45) is 0 Å². The molecule has 144 valence electrons. The van der Waals surface area contributed by atoms with Crippen LogP contribution in [0.1, 0.15) is 13.8 Å². The second-order valence-electron chi connectivity index (χ2n) is 5.59. The van der Waals surface area contributed by atoms with E-state index >= 15 is 0 Å². The lowest BCUT2D eigenvalue weighted by Crippen LogP contribution is -2.66. The fourth-order valence-corrected chi connectivity index (χ4v) is 2.84. The van der Waals surface area contributed by atoms with Gasteiger partial charge in [0.1, 0.15) is 12.2 Å². The van der Waals surface area contributed by atoms with Crippen molar-refractivity contribution in [3.63, 3.8) is 0 Å². The van der Waals surface area contributed by atoms with Gasteiger partial charge in [0.15, 0.2) is 0 Å². The molecule has 1 saturated heterocycles. The zero-order valence-electron chi connectivity index (χ0n) is 14.5. The van der Waals surface area contributed by atoms with Gasteiger partial charge in [-0.2, -0.15) is 16.8 Å². The summed E-state index contributed by atoms with van der Waals surface area (Å²) in [6.45, 7) is 2.26. The molecule has 1 aliphatic heterocycles. The summed E-state index contributed by atoms with van der Waals surface area (Å²) in [5.74, 6) is -2.79. The van der Waals surface area contributed by atoms with E-state index in [-0.39, 0.29) is 0 Å². The van der Waals surface area contributed by atoms with Crippen LogP contribution in [0.3, 0.4) is 0 Å². The van der Waals surface area contributed by atoms with Crippen LogP contribution < -0.4 is 0 Å². The lowest BCUT2D eigenvalue weighted by molar-refractivity contribution is -0.450. The predicted molar refractivity (Wildman–Crippen MR) is 82.2 cm³/mol. The lowest BCUT2D eigenvalue weighted by Gasteiger charge is -2.51. The van der Waals surface area contributed by atoms with Crippen LogP contribution in [0.25, 0.3) is 0 Å². The van der Waals surface area contributed by atoms with Gasteiger partial charge in [0.05, 0.1) is 25.7 Å². The Hall–Kier alpha value is -0.340. The highest BCUT2D eigenvalue weighted by atomic mass is 32.2. The smallest absolute Gasteiger partial charge is 0.264 e. The van der Waals surface area contributed by atoms with E-state index in [2.05, 4.69) is 0 Å². The summed E-state index contributed by atoms with van der Waals surface area (Å²) in [5, 5.41) is 0. The fourth-order valence-electron chi connectivity index (χ4n) is 2.07. The van der Waals surface area contributed by atoms with Crippen LogP contribution in [-0.2, 0) is 47.5 Å². The Kier molecular flexibility index (Phi) is 6.78. The van der Waals surface area contributed by atoms with E-state index in [1.165, 1.54) is 28.1 Å². The Morgan fingerprint density at radius 3 is 1.29 bits per heavy atom. The topological polar surface area (TPSA) is 124 Å². The first-order chi connectivity index (χ1) is 10.8. The third-order valence-corrected chi connectivity index (χ3v) is 4.79. The second-order valence-corrected chi connectivity index (χ2v) is 8.88. The van der Waals surface area contributed by atoms with Gasteiger partial charge >= 0.3 is 0 Å². The first kappa shape index (κ1) is 21.7. The van der Waals surface area contributed by atoms with E-state index in [1.807, 2.05) is 0 Å². The van der Waals surface area contributed by atoms with Gasteiger partial charge in [0.2, 0.25) is 11.6 Å². The van der Waals surface area contributed by atoms with Crippen molar-refractivity contribution in [2.45, 2.75) is 37.6 Å². The summed E-state index contributed by atoms with van der Waals surface area (Å²) >= 11 is 0. The molecule has 0 aromatic carbocycles. The van der Waals surface area contributed by atoms with Crippen molar-refractivity contribution in [2.75, 3.05) is 39.9 Å². The van der Waals surface area contributed by atoms with Crippen LogP contribution in [0, 0.1) is 0 Å². The molecule has 24 heavy (non-hydrogen) atoms. The Labute approximate surface area is 142 Å². The maximum Gasteiger partial charge on any atom is 0.264 e. The monoisotopic (exact) mass is 392 g/mol. The van der Waals surface area contributed by atoms with E-state index in [9.17, 15) is 16.8 Å². The zero-order valence-corrected chi connectivity index (χ0v) is 16.1. The third-order valence-electron chi connectivity index (χ3n) is 3.66. The standard InChI is InChI=1S/C12H24O10S2/c1-11(17-3)12(2,18-4)22-10(8-20-24(6,15)16)9(21-11)7-19-23(5,13)14/h9-10H,7-8H2,1-6H3/t9-,10-,11+,12+/m1/s1. The van der Waals surface area contributed by atoms with Crippen molar-refractivity contribution >= 4 is 20.2 Å². The first-order valence-electron chi connectivity index (χ1n) is 6.90. The molecule has 0 aliphatic carbocycles. The average Bonchev–Trinajstić information content (AvgIpc) is 2.44. The van der Waals surface area contributed by atoms with Crippen LogP contribution >= 0.6 is 0 Å². The third kappa shape index (κ3) is 5.59. The van der Waals surface area contributed by atoms with Gasteiger partial charge in [-0.1, -0.05) is 0 Å². The van der Waals surface area contributed by atoms with E-state index < -0.39 is 57.2 Å². The van der Waals surface area contributed by atoms with Gasteiger partial charge in [-0.05, 0) is 13.8 Å². The van der Waals surface area contributed by atoms with E-state index in [0.717, 1.165) is 12.5 Å². The molecular formula is C12H24O10S2. The van der Waals surface area contributed by atoms with Crippen LogP contribution in [0.2, 0.25) is 0 Å². The van der Waals surface area contributed by atoms with E-state index in [0.29, 0.717) is 0 Å². The van der Waals surface area contributed by atoms with Crippen molar-refractivity contribution in [3.05, 3.63) is 0 Å². The molecule has 0 spiro atoms. The molecule has 0 N–H and O–H groups in total. The van der Waals surface area contributed by atoms with Crippen LogP contribution in [0.5, 0.6) is 0 Å². The normalized spacial score (nSPS) is 35.1. The lowest BCUT2D eigenvalue weighted by atomic mass is 10.0. The zero-order chi connectivity index (χ0) is 18.8. The van der Waals surface area contributed by atoms with Crippen molar-refractivity contribution in [1.29, 1.82) is 0 Å². The molecule has 1 rings (SSSR count). The number of hydrogen-bond acceptors (Lipinski definition) is 10. The van der Waals surface area contributed by atoms with Crippen molar-refractivity contribution in [1.82, 2.24) is 0 Å². The van der Waals surface area contributed by atoms with Gasteiger partial charge < -0.3 is 18.9 Å². The largest absolute Gasteiger partial charge is 0.349 e. The molecule has 0 aromatic heterocycles. The molecule has 0 bridgehead atoms. The second kappa shape index (κ2) is 7.50. The summed E-state index contributed by atoms with van der Waals surface area (Å²) in [6, 6.07) is 0. The number of ether oxygens (including phenoxy) is 4. The summed E-state index contributed by atoms with van der Waals surface area (Å²) in [4.78, 5) is 0. The molecule has 0 amide bonds. The number of methoxy groups -OCH3 is 2. The predicted octanol–water partition coefficient (Wildman–Crippen LogP) is -0.552. The molecule has 0 aromatic rings. The highest BCUT2D eigenvalue weighted by Gasteiger charge is 2.57. The molecule has 0 saturated carbocycles. The molecule has 0 radical (unpaired) electrons. The number of hydrogen-bond donors (Lipinski definition) is 0. The van der Waals surface area contributed by atoms with Crippen molar-refractivity contribution < 1.29 is 44.1 Å². The van der Waals surface area contributed by atoms with Gasteiger partial charge in [0, 0.05) is 14.2 Å². The maximum absolute atomic E-state index is 11.2. The van der Waals surface area contributed by atoms with Gasteiger partial charge in [-0.25, -0.2) is 0 Å². The summed E-state index contributed by atoms with van der Waals surface area (Å²) in [7, 11) is -4.74. The molecule has 12 heteroatoms. The van der Waals surface area contributed by atoms with Gasteiger partial charge in [0.25, 0.3) is 20.2 Å². The SMILES string of the molecule is CO[C@@]1(C)O[C@H](COS(C)(=O)=O)[C@@H](COS(C)(=O)=O)O[C@]1(C)OC. The van der Waals surface area contributed by atoms with Gasteiger partial charge in [-0.15, -0.1) is 0 Å². The summed E-state index contributed by atoms with van der Waals surface area (Å²) < 4.78 is 76.5. The minimum absolute atomic E-state index is 0.407. The maximum atomic E-state index is 11.2. The Balaban J connectivity index is 3.04. The molecule has 0 unspecified atom stereocenters. The minimum Gasteiger partial charge on any atom is -0.349 e. The summed E-state index contributed by atoms with van der Waals surface area (Å²) in [6.07, 6.45) is -0.190. The highest BCUT2D eigenvalue weighted by Crippen LogP contribution is 2.39. The minimum atomic E-state index is -3.74. The van der Waals surface area contributed by atoms with Crippen LogP contribution in [-0.4, -0.2) is 80.6 Å². The molecule has 1 fully saturated rings. The molecule has 4 atom stereocenters. The van der Waals surface area contributed by atoms with E-state index in [1.54, 1.807) is 0 Å². The quantitative estimate of drug-likeness (QED) is 0.497. The first-order valence-corrected chi connectivity index (χ1v) is 10.5. The fraction of sp³-hybridized carbons (Fsp3) is 1.00. The Morgan fingerprint density at radius 1 is 0.792 bits per heavy atom. The Morgan fingerprint density at radius 2 is 1.08 bits per heavy atom. The molecule has 1 heterocycles. The molecule has 10 nitrogen and oxygen atoms in total. The Bertz CT molecular complexity index is 574. The van der Waals surface area contributed by atoms with Crippen LogP contribution in [0.15, 0.2) is 0 Å². The average molecular weight is 392 g/mol. The van der Waals surface area contributed by atoms with Gasteiger partial charge in [-0.3, -0.25) is 8.37 Å². The molecule has 1 aliphatic rings. The van der Waals surface area contributed by atoms with Crippen molar-refractivity contribution in [3.8, 4) is 0 Å².